The van der Waals surface area contributed by atoms with Crippen LogP contribution in [0, 0.1) is 18.8 Å². The third-order valence-corrected chi connectivity index (χ3v) is 18.8. The molecule has 0 spiro atoms. The first kappa shape index (κ1) is 54.7. The number of aromatic nitrogens is 5. The van der Waals surface area contributed by atoms with Crippen LogP contribution >= 0.6 is 11.3 Å². The van der Waals surface area contributed by atoms with Gasteiger partial charge in [-0.1, -0.05) is 55.4 Å². The van der Waals surface area contributed by atoms with E-state index in [-0.39, 0.29) is 60.8 Å². The van der Waals surface area contributed by atoms with Crippen molar-refractivity contribution in [3.63, 3.8) is 0 Å². The van der Waals surface area contributed by atoms with Crippen LogP contribution in [0.5, 0.6) is 11.6 Å². The third kappa shape index (κ3) is 11.8. The second kappa shape index (κ2) is 23.5. The maximum absolute atomic E-state index is 14.5. The molecule has 3 unspecified atom stereocenters. The normalized spacial score (nSPS) is 25.0. The quantitative estimate of drug-likeness (QED) is 0.0679. The van der Waals surface area contributed by atoms with Crippen LogP contribution in [0.3, 0.4) is 0 Å². The highest BCUT2D eigenvalue weighted by Crippen LogP contribution is 2.41. The van der Waals surface area contributed by atoms with Crippen molar-refractivity contribution in [2.75, 3.05) is 72.8 Å². The van der Waals surface area contributed by atoms with Gasteiger partial charge in [0.2, 0.25) is 17.7 Å². The Hall–Kier alpha value is -6.87. The van der Waals surface area contributed by atoms with E-state index in [1.54, 1.807) is 28.4 Å². The summed E-state index contributed by atoms with van der Waals surface area (Å²) in [5.74, 6) is 1.58. The number of ether oxygens (including phenoxy) is 2. The Bertz CT molecular complexity index is 3150. The summed E-state index contributed by atoms with van der Waals surface area (Å²) >= 11 is 1.60. The molecule has 6 aromatic rings. The Balaban J connectivity index is 0.582. The second-order valence-corrected chi connectivity index (χ2v) is 24.7. The molecule has 428 valence electrons. The van der Waals surface area contributed by atoms with Crippen molar-refractivity contribution >= 4 is 46.2 Å². The van der Waals surface area contributed by atoms with Gasteiger partial charge in [-0.2, -0.15) is 0 Å². The van der Waals surface area contributed by atoms with E-state index in [1.807, 2.05) is 87.9 Å². The summed E-state index contributed by atoms with van der Waals surface area (Å²) in [5, 5.41) is 37.5. The third-order valence-electron chi connectivity index (χ3n) is 17.8. The van der Waals surface area contributed by atoms with Gasteiger partial charge in [-0.15, -0.1) is 21.5 Å². The molecule has 0 radical (unpaired) electrons. The number of benzene rings is 2. The predicted molar refractivity (Wildman–Crippen MR) is 311 cm³/mol. The molecule has 2 bridgehead atoms. The van der Waals surface area contributed by atoms with Gasteiger partial charge in [0, 0.05) is 113 Å². The number of phenols is 1. The second-order valence-electron chi connectivity index (χ2n) is 23.8. The summed E-state index contributed by atoms with van der Waals surface area (Å²) in [6.45, 7) is 14.3. The van der Waals surface area contributed by atoms with Crippen molar-refractivity contribution in [3.05, 3.63) is 102 Å². The number of hydrogen-bond donors (Lipinski definition) is 4. The molecule has 1 saturated carbocycles. The standard InChI is InChI=1S/C61H76N12O7S/c1-36(2)57(61(77)72-34-45(74)25-52(72)60(76)65-37(3)40-11-13-41(14-12-40)58-38(4)64-35-81-58)54-29-55(68-80-54)70-21-7-8-39(31-70)30-69-22-18-46(19-23-69)78-47-26-48(27-47)79-56-24-42(17-20-63-56)73-43-15-16-44(73)33-71(32-43)51-28-50(66-67-59(51)62)49-9-5-6-10-53(49)75/h5-6,9-14,17,20,24,28-29,35-37,39,43-48,52,57,74-75H,7-8,15-16,18-19,21-23,25-27,30-34H2,1-4H3,(H2,62,67)(H,65,76)/t37-,39?,43?,44?,45+,47-,48-,52-,57+/m0/s1. The number of aliphatic hydroxyl groups excluding tert-OH is 1. The minimum absolute atomic E-state index is 0.0766. The summed E-state index contributed by atoms with van der Waals surface area (Å²) in [6, 6.07) is 22.8. The first-order valence-corrected chi connectivity index (χ1v) is 30.1. The van der Waals surface area contributed by atoms with Crippen LogP contribution in [0.15, 0.2) is 89.0 Å². The maximum atomic E-state index is 14.5. The number of carbonyl (C=O) groups excluding carboxylic acids is 2. The molecule has 5 N–H and O–H groups in total. The number of phenolic OH excluding ortho intramolecular Hbond substituents is 1. The monoisotopic (exact) mass is 1120 g/mol. The van der Waals surface area contributed by atoms with Gasteiger partial charge < -0.3 is 59.8 Å². The lowest BCUT2D eigenvalue weighted by Crippen LogP contribution is -2.54. The van der Waals surface area contributed by atoms with E-state index in [4.69, 9.17) is 19.7 Å². The van der Waals surface area contributed by atoms with Gasteiger partial charge in [0.25, 0.3) is 0 Å². The lowest BCUT2D eigenvalue weighted by Gasteiger charge is -2.43. The van der Waals surface area contributed by atoms with Crippen molar-refractivity contribution in [1.29, 1.82) is 0 Å². The minimum Gasteiger partial charge on any atom is -0.507 e. The van der Waals surface area contributed by atoms with E-state index in [2.05, 4.69) is 62.4 Å². The number of thiazole rings is 1. The number of amides is 2. The lowest BCUT2D eigenvalue weighted by molar-refractivity contribution is -0.141. The summed E-state index contributed by atoms with van der Waals surface area (Å²) in [5.41, 5.74) is 14.5. The lowest BCUT2D eigenvalue weighted by atomic mass is 9.91. The molecule has 2 amide bonds. The SMILES string of the molecule is Cc1ncsc1-c1ccc([C@H](C)NC(=O)[C@@H]2C[C@@H](O)CN2C(=O)[C@@H](c2cc(N3CCCC(CN4CCC(O[C@H]5C[C@H](Oc6cc(N7C8CCC7CN(c7cc(-c9ccccc9O)nnc7N)C8)ccn6)C5)CC4)C3)no2)C(C)C)cc1. The zero-order chi connectivity index (χ0) is 55.9. The molecule has 20 heteroatoms. The highest BCUT2D eigenvalue weighted by atomic mass is 32.1. The van der Waals surface area contributed by atoms with Gasteiger partial charge >= 0.3 is 0 Å². The number of piperazine rings is 1. The molecule has 4 aromatic heterocycles. The molecule has 5 saturated heterocycles. The number of piperidine rings is 2. The minimum atomic E-state index is -0.807. The van der Waals surface area contributed by atoms with E-state index >= 15 is 0 Å². The van der Waals surface area contributed by atoms with E-state index in [9.17, 15) is 19.8 Å². The highest BCUT2D eigenvalue weighted by Gasteiger charge is 2.45. The fourth-order valence-electron chi connectivity index (χ4n) is 13.5. The Morgan fingerprint density at radius 1 is 0.852 bits per heavy atom. The number of para-hydroxylation sites is 1. The number of anilines is 4. The van der Waals surface area contributed by atoms with E-state index in [0.29, 0.717) is 46.7 Å². The Morgan fingerprint density at radius 3 is 2.37 bits per heavy atom. The molecule has 9 heterocycles. The number of nitrogens with two attached hydrogens (primary N) is 1. The van der Waals surface area contributed by atoms with Crippen molar-refractivity contribution in [1.82, 2.24) is 40.4 Å². The molecule has 12 rings (SSSR count). The summed E-state index contributed by atoms with van der Waals surface area (Å²) in [4.78, 5) is 49.7. The number of fused-ring (bicyclic) bond motifs is 2. The van der Waals surface area contributed by atoms with Crippen LogP contribution in [0.25, 0.3) is 21.7 Å². The van der Waals surface area contributed by atoms with E-state index in [1.165, 1.54) is 0 Å². The molecular weight excluding hydrogens is 1040 g/mol. The molecule has 81 heavy (non-hydrogen) atoms. The number of nitrogens with zero attached hydrogens (tertiary/aromatic N) is 10. The predicted octanol–water partition coefficient (Wildman–Crippen LogP) is 7.99. The molecule has 5 aliphatic heterocycles. The topological polar surface area (TPSA) is 225 Å². The Labute approximate surface area is 477 Å². The first-order chi connectivity index (χ1) is 39.3. The van der Waals surface area contributed by atoms with Gasteiger partial charge in [-0.25, -0.2) is 9.97 Å². The van der Waals surface area contributed by atoms with Gasteiger partial charge in [-0.05, 0) is 99.6 Å². The molecule has 6 aliphatic rings. The van der Waals surface area contributed by atoms with Crippen molar-refractivity contribution in [2.24, 2.45) is 11.8 Å². The number of rotatable bonds is 17. The molecular formula is C61H76N12O7S. The smallest absolute Gasteiger partial charge is 0.243 e. The van der Waals surface area contributed by atoms with E-state index < -0.39 is 18.1 Å². The number of pyridine rings is 1. The molecule has 6 fully saturated rings. The number of aromatic hydroxyl groups is 1. The average Bonchev–Trinajstić information content (AvgIpc) is 4.31. The summed E-state index contributed by atoms with van der Waals surface area (Å²) in [6.07, 6.45) is 9.81. The van der Waals surface area contributed by atoms with Gasteiger partial charge in [0.1, 0.15) is 23.8 Å². The Morgan fingerprint density at radius 2 is 1.63 bits per heavy atom. The van der Waals surface area contributed by atoms with E-state index in [0.717, 1.165) is 136 Å². The molecule has 19 nitrogen and oxygen atoms in total. The highest BCUT2D eigenvalue weighted by molar-refractivity contribution is 7.13. The number of carbonyl (C=O) groups is 2. The number of likely N-dealkylation sites (tertiary alicyclic amines) is 2. The van der Waals surface area contributed by atoms with Gasteiger partial charge in [-0.3, -0.25) is 9.59 Å². The van der Waals surface area contributed by atoms with Crippen LogP contribution < -0.4 is 30.5 Å². The van der Waals surface area contributed by atoms with Crippen molar-refractivity contribution in [3.8, 4) is 33.3 Å². The fraction of sp³-hybridized carbons (Fsp3) is 0.525. The number of nitrogens with one attached hydrogen (secondary N) is 1. The average molecular weight is 1120 g/mol. The van der Waals surface area contributed by atoms with Crippen molar-refractivity contribution < 1.29 is 33.8 Å². The van der Waals surface area contributed by atoms with Crippen LogP contribution in [-0.2, 0) is 14.3 Å². The van der Waals surface area contributed by atoms with Crippen LogP contribution in [0.1, 0.15) is 108 Å². The maximum Gasteiger partial charge on any atom is 0.243 e. The van der Waals surface area contributed by atoms with Crippen LogP contribution in [-0.4, -0.2) is 152 Å². The zero-order valence-corrected chi connectivity index (χ0v) is 47.7. The first-order valence-electron chi connectivity index (χ1n) is 29.2. The van der Waals surface area contributed by atoms with Gasteiger partial charge in [0.15, 0.2) is 17.4 Å². The number of aliphatic hydroxyl groups is 1. The number of β-amino-alcohol motifs (C(OH)–C–C–N with tert-alkyl or cyclic N) is 1. The van der Waals surface area contributed by atoms with Gasteiger partial charge in [0.05, 0.1) is 51.8 Å². The molecule has 2 aromatic carbocycles. The van der Waals surface area contributed by atoms with Crippen LogP contribution in [0.4, 0.5) is 23.0 Å². The summed E-state index contributed by atoms with van der Waals surface area (Å²) in [7, 11) is 0. The number of aryl methyl sites for hydroxylation is 1. The number of nitrogen functional groups attached to an aromatic ring is 1. The molecule has 7 atom stereocenters. The number of hydrogen-bond acceptors (Lipinski definition) is 18. The van der Waals surface area contributed by atoms with Crippen LogP contribution in [0.2, 0.25) is 0 Å². The molecule has 1 aliphatic carbocycles. The largest absolute Gasteiger partial charge is 0.507 e. The summed E-state index contributed by atoms with van der Waals surface area (Å²) < 4.78 is 19.1. The van der Waals surface area contributed by atoms with Crippen molar-refractivity contribution in [2.45, 2.75) is 140 Å². The zero-order valence-electron chi connectivity index (χ0n) is 46.8. The Kier molecular flexibility index (Phi) is 15.9. The fourth-order valence-corrected chi connectivity index (χ4v) is 14.3.